The molecular weight excluding hydrogens is 404 g/mol. The molecule has 1 N–H and O–H groups in total. The number of likely N-dealkylation sites (N-methyl/N-ethyl adjacent to an activating group) is 1. The van der Waals surface area contributed by atoms with Crippen molar-refractivity contribution >= 4 is 17.6 Å². The Morgan fingerprint density at radius 1 is 1.23 bits per heavy atom. The van der Waals surface area contributed by atoms with Crippen LogP contribution in [0.3, 0.4) is 0 Å². The fraction of sp³-hybridized carbons (Fsp3) is 0.273. The van der Waals surface area contributed by atoms with E-state index in [2.05, 4.69) is 15.4 Å². The van der Waals surface area contributed by atoms with E-state index in [0.29, 0.717) is 17.8 Å². The molecule has 0 bridgehead atoms. The van der Waals surface area contributed by atoms with Crippen molar-refractivity contribution in [2.24, 2.45) is 5.92 Å². The molecule has 4 rings (SSSR count). The Labute approximate surface area is 177 Å². The monoisotopic (exact) mass is 425 g/mol. The molecule has 9 heteroatoms. The molecule has 0 radical (unpaired) electrons. The first-order valence-electron chi connectivity index (χ1n) is 9.83. The molecule has 1 aliphatic rings. The van der Waals surface area contributed by atoms with Gasteiger partial charge in [0.15, 0.2) is 11.5 Å². The van der Waals surface area contributed by atoms with E-state index < -0.39 is 23.5 Å². The van der Waals surface area contributed by atoms with Gasteiger partial charge >= 0.3 is 0 Å². The minimum atomic E-state index is -0.853. The number of aromatic nitrogens is 3. The molecule has 0 saturated carbocycles. The van der Waals surface area contributed by atoms with E-state index in [0.717, 1.165) is 11.8 Å². The number of hydrogen-bond acceptors (Lipinski definition) is 4. The minimum absolute atomic E-state index is 0.174. The Bertz CT molecular complexity index is 1130. The van der Waals surface area contributed by atoms with E-state index in [9.17, 15) is 18.4 Å². The largest absolute Gasteiger partial charge is 0.338 e. The predicted octanol–water partition coefficient (Wildman–Crippen LogP) is 2.56. The van der Waals surface area contributed by atoms with E-state index in [1.54, 1.807) is 31.4 Å². The molecule has 0 saturated heterocycles. The van der Waals surface area contributed by atoms with Crippen LogP contribution in [0.25, 0.3) is 0 Å². The van der Waals surface area contributed by atoms with Gasteiger partial charge in [0.25, 0.3) is 11.8 Å². The highest BCUT2D eigenvalue weighted by atomic mass is 19.1. The molecule has 2 atom stereocenters. The summed E-state index contributed by atoms with van der Waals surface area (Å²) in [5.41, 5.74) is 1.21. The smallest absolute Gasteiger partial charge is 0.275 e. The van der Waals surface area contributed by atoms with Crippen molar-refractivity contribution in [3.05, 3.63) is 77.2 Å². The minimum Gasteiger partial charge on any atom is -0.338 e. The molecule has 0 spiro atoms. The number of carbonyl (C=O) groups excluding carboxylic acids is 2. The predicted molar refractivity (Wildman–Crippen MR) is 109 cm³/mol. The molecule has 0 fully saturated rings. The average Bonchev–Trinajstić information content (AvgIpc) is 3.09. The maximum Gasteiger partial charge on any atom is 0.275 e. The van der Waals surface area contributed by atoms with Crippen molar-refractivity contribution in [3.8, 4) is 0 Å². The summed E-state index contributed by atoms with van der Waals surface area (Å²) in [7, 11) is 1.60. The highest BCUT2D eigenvalue weighted by Gasteiger charge is 2.35. The van der Waals surface area contributed by atoms with Crippen molar-refractivity contribution in [2.45, 2.75) is 25.9 Å². The van der Waals surface area contributed by atoms with Crippen molar-refractivity contribution in [3.63, 3.8) is 0 Å². The van der Waals surface area contributed by atoms with Gasteiger partial charge in [-0.25, -0.2) is 13.8 Å². The van der Waals surface area contributed by atoms with E-state index in [1.807, 2.05) is 13.0 Å². The number of hydrogen-bond donors (Lipinski definition) is 1. The third-order valence-electron chi connectivity index (χ3n) is 5.37. The number of nitrogens with zero attached hydrogens (tertiary/aromatic N) is 4. The molecule has 2 aromatic heterocycles. The molecule has 3 heterocycles. The zero-order chi connectivity index (χ0) is 22.1. The molecule has 31 heavy (non-hydrogen) atoms. The molecule has 160 valence electrons. The molecule has 1 aromatic carbocycles. The van der Waals surface area contributed by atoms with Crippen LogP contribution in [0.5, 0.6) is 0 Å². The third kappa shape index (κ3) is 4.16. The van der Waals surface area contributed by atoms with Gasteiger partial charge in [0.05, 0.1) is 12.7 Å². The lowest BCUT2D eigenvalue weighted by Crippen LogP contribution is -2.50. The summed E-state index contributed by atoms with van der Waals surface area (Å²) in [5.74, 6) is -1.96. The van der Waals surface area contributed by atoms with Crippen LogP contribution in [-0.2, 0) is 17.8 Å². The van der Waals surface area contributed by atoms with Gasteiger partial charge in [-0.2, -0.15) is 5.10 Å². The fourth-order valence-electron chi connectivity index (χ4n) is 3.74. The van der Waals surface area contributed by atoms with Crippen LogP contribution < -0.4 is 10.2 Å². The maximum absolute atomic E-state index is 14.4. The quantitative estimate of drug-likeness (QED) is 0.697. The molecular formula is C22H21F2N5O2. The Kier molecular flexibility index (Phi) is 5.50. The van der Waals surface area contributed by atoms with Crippen LogP contribution in [0.15, 0.2) is 48.8 Å². The summed E-state index contributed by atoms with van der Waals surface area (Å²) in [4.78, 5) is 31.4. The van der Waals surface area contributed by atoms with E-state index in [-0.39, 0.29) is 24.2 Å². The summed E-state index contributed by atoms with van der Waals surface area (Å²) in [5, 5.41) is 6.67. The highest BCUT2D eigenvalue weighted by molar-refractivity contribution is 6.02. The second kappa shape index (κ2) is 8.25. The number of pyridine rings is 1. The Morgan fingerprint density at radius 2 is 1.97 bits per heavy atom. The zero-order valence-corrected chi connectivity index (χ0v) is 17.0. The van der Waals surface area contributed by atoms with Gasteiger partial charge in [0.1, 0.15) is 17.7 Å². The van der Waals surface area contributed by atoms with Gasteiger partial charge in [0, 0.05) is 13.2 Å². The average molecular weight is 425 g/mol. The number of fused-ring (bicyclic) bond motifs is 1. The number of carbonyl (C=O) groups is 2. The van der Waals surface area contributed by atoms with Crippen molar-refractivity contribution in [1.82, 2.24) is 20.1 Å². The topological polar surface area (TPSA) is 80.1 Å². The second-order valence-corrected chi connectivity index (χ2v) is 7.67. The number of rotatable bonds is 4. The number of halogens is 2. The van der Waals surface area contributed by atoms with Gasteiger partial charge in [-0.1, -0.05) is 25.1 Å². The van der Waals surface area contributed by atoms with Crippen LogP contribution in [0, 0.1) is 17.6 Å². The Morgan fingerprint density at radius 3 is 2.71 bits per heavy atom. The van der Waals surface area contributed by atoms with Gasteiger partial charge in [-0.3, -0.25) is 19.2 Å². The summed E-state index contributed by atoms with van der Waals surface area (Å²) in [6.07, 6.45) is 3.24. The molecule has 0 aliphatic carbocycles. The third-order valence-corrected chi connectivity index (χ3v) is 5.37. The first-order valence-corrected chi connectivity index (χ1v) is 9.83. The van der Waals surface area contributed by atoms with Crippen LogP contribution in [0.4, 0.5) is 14.6 Å². The second-order valence-electron chi connectivity index (χ2n) is 7.67. The molecule has 2 amide bonds. The molecule has 7 nitrogen and oxygen atoms in total. The van der Waals surface area contributed by atoms with Crippen LogP contribution in [-0.4, -0.2) is 39.7 Å². The van der Waals surface area contributed by atoms with Gasteiger partial charge in [-0.05, 0) is 41.7 Å². The fourth-order valence-corrected chi connectivity index (χ4v) is 3.74. The molecule has 3 aromatic rings. The lowest BCUT2D eigenvalue weighted by atomic mass is 9.95. The van der Waals surface area contributed by atoms with Crippen molar-refractivity contribution < 1.29 is 18.4 Å². The Hall–Kier alpha value is -3.62. The van der Waals surface area contributed by atoms with Crippen molar-refractivity contribution in [1.29, 1.82) is 0 Å². The van der Waals surface area contributed by atoms with E-state index in [4.69, 9.17) is 0 Å². The standard InChI is InChI=1S/C22H21F2N5O2/c1-13-10-15-4-3-9-25-20(15)28(2)22(31)18(13)26-21(30)19-17(24)12-29(27-19)11-14-5-7-16(23)8-6-14/h3-9,12-13,18H,10-11H2,1-2H3,(H,26,30)/t13-,18?/m1/s1. The first kappa shape index (κ1) is 20.6. The molecule has 1 aliphatic heterocycles. The van der Waals surface area contributed by atoms with Crippen LogP contribution >= 0.6 is 0 Å². The van der Waals surface area contributed by atoms with E-state index in [1.165, 1.54) is 21.7 Å². The summed E-state index contributed by atoms with van der Waals surface area (Å²) >= 11 is 0. The normalized spacial score (nSPS) is 18.5. The lowest BCUT2D eigenvalue weighted by molar-refractivity contribution is -0.121. The summed E-state index contributed by atoms with van der Waals surface area (Å²) in [6, 6.07) is 8.55. The molecule has 1 unspecified atom stereocenters. The number of nitrogens with one attached hydrogen (secondary N) is 1. The van der Waals surface area contributed by atoms with Gasteiger partial charge in [0.2, 0.25) is 0 Å². The summed E-state index contributed by atoms with van der Waals surface area (Å²) in [6.45, 7) is 2.02. The first-order chi connectivity index (χ1) is 14.8. The highest BCUT2D eigenvalue weighted by Crippen LogP contribution is 2.27. The van der Waals surface area contributed by atoms with Crippen LogP contribution in [0.1, 0.15) is 28.5 Å². The SMILES string of the molecule is C[C@@H]1Cc2cccnc2N(C)C(=O)C1NC(=O)c1nn(Cc2ccc(F)cc2)cc1F. The number of benzene rings is 1. The van der Waals surface area contributed by atoms with Gasteiger partial charge in [-0.15, -0.1) is 0 Å². The zero-order valence-electron chi connectivity index (χ0n) is 17.0. The van der Waals surface area contributed by atoms with E-state index >= 15 is 0 Å². The van der Waals surface area contributed by atoms with Gasteiger partial charge < -0.3 is 5.32 Å². The van der Waals surface area contributed by atoms with Crippen molar-refractivity contribution in [2.75, 3.05) is 11.9 Å². The summed E-state index contributed by atoms with van der Waals surface area (Å²) < 4.78 is 28.8. The number of anilines is 1. The number of amides is 2. The lowest BCUT2D eigenvalue weighted by Gasteiger charge is -2.24. The van der Waals surface area contributed by atoms with Crippen LogP contribution in [0.2, 0.25) is 0 Å². The maximum atomic E-state index is 14.4. The Balaban J connectivity index is 1.52.